The fourth-order valence-electron chi connectivity index (χ4n) is 3.18. The SMILES string of the molecule is CC(C)(C)c1ccc(OCc2nnc(SCN3C(=O)c4ccccc4C3=O)n2N)cc1. The summed E-state index contributed by atoms with van der Waals surface area (Å²) in [6.45, 7) is 6.61. The lowest BCUT2D eigenvalue weighted by Gasteiger charge is -2.19. The normalized spacial score (nSPS) is 13.6. The van der Waals surface area contributed by atoms with Crippen LogP contribution in [0.4, 0.5) is 0 Å². The van der Waals surface area contributed by atoms with Crippen molar-refractivity contribution < 1.29 is 14.3 Å². The van der Waals surface area contributed by atoms with Crippen LogP contribution < -0.4 is 10.6 Å². The zero-order valence-electron chi connectivity index (χ0n) is 17.5. The minimum Gasteiger partial charge on any atom is -0.486 e. The second-order valence-electron chi connectivity index (χ2n) is 8.19. The van der Waals surface area contributed by atoms with E-state index in [2.05, 4.69) is 31.0 Å². The van der Waals surface area contributed by atoms with E-state index in [0.717, 1.165) is 11.8 Å². The van der Waals surface area contributed by atoms with Crippen LogP contribution in [0.3, 0.4) is 0 Å². The van der Waals surface area contributed by atoms with Gasteiger partial charge in [0.2, 0.25) is 5.16 Å². The maximum Gasteiger partial charge on any atom is 0.262 e. The minimum absolute atomic E-state index is 0.0710. The van der Waals surface area contributed by atoms with Crippen LogP contribution in [0.5, 0.6) is 5.75 Å². The summed E-state index contributed by atoms with van der Waals surface area (Å²) in [6.07, 6.45) is 0. The van der Waals surface area contributed by atoms with Gasteiger partial charge in [-0.25, -0.2) is 4.68 Å². The van der Waals surface area contributed by atoms with E-state index in [-0.39, 0.29) is 29.7 Å². The van der Waals surface area contributed by atoms with E-state index in [1.807, 2.05) is 24.3 Å². The Kier molecular flexibility index (Phi) is 5.45. The second kappa shape index (κ2) is 8.07. The Balaban J connectivity index is 1.37. The number of carbonyl (C=O) groups is 2. The van der Waals surface area contributed by atoms with Crippen molar-refractivity contribution in [2.75, 3.05) is 11.7 Å². The van der Waals surface area contributed by atoms with Gasteiger partial charge in [0.1, 0.15) is 12.4 Å². The van der Waals surface area contributed by atoms with E-state index in [0.29, 0.717) is 27.9 Å². The summed E-state index contributed by atoms with van der Waals surface area (Å²) in [7, 11) is 0. The summed E-state index contributed by atoms with van der Waals surface area (Å²) in [6, 6.07) is 14.7. The number of hydrogen-bond donors (Lipinski definition) is 1. The third kappa shape index (κ3) is 4.13. The van der Waals surface area contributed by atoms with Crippen molar-refractivity contribution in [3.8, 4) is 5.75 Å². The molecule has 4 rings (SSSR count). The molecule has 0 radical (unpaired) electrons. The molecule has 3 aromatic rings. The van der Waals surface area contributed by atoms with Crippen molar-refractivity contribution in [1.82, 2.24) is 19.8 Å². The molecule has 0 saturated heterocycles. The van der Waals surface area contributed by atoms with Gasteiger partial charge >= 0.3 is 0 Å². The number of hydrogen-bond acceptors (Lipinski definition) is 7. The highest BCUT2D eigenvalue weighted by molar-refractivity contribution is 7.99. The van der Waals surface area contributed by atoms with Crippen LogP contribution in [-0.2, 0) is 12.0 Å². The molecule has 2 N–H and O–H groups in total. The van der Waals surface area contributed by atoms with Crippen LogP contribution in [0.25, 0.3) is 0 Å². The van der Waals surface area contributed by atoms with Crippen LogP contribution in [-0.4, -0.2) is 37.5 Å². The molecule has 0 spiro atoms. The number of ether oxygens (including phenoxy) is 1. The summed E-state index contributed by atoms with van der Waals surface area (Å²) in [5.74, 6) is 6.68. The quantitative estimate of drug-likeness (QED) is 0.359. The van der Waals surface area contributed by atoms with E-state index in [1.54, 1.807) is 24.3 Å². The number of thioether (sulfide) groups is 1. The van der Waals surface area contributed by atoms with Gasteiger partial charge < -0.3 is 10.6 Å². The average molecular weight is 438 g/mol. The first kappa shape index (κ1) is 20.9. The Labute approximate surface area is 184 Å². The molecule has 2 heterocycles. The van der Waals surface area contributed by atoms with Crippen LogP contribution in [0, 0.1) is 0 Å². The highest BCUT2D eigenvalue weighted by atomic mass is 32.2. The molecule has 2 aromatic carbocycles. The van der Waals surface area contributed by atoms with Gasteiger partial charge in [-0.05, 0) is 35.2 Å². The summed E-state index contributed by atoms with van der Waals surface area (Å²) >= 11 is 1.16. The smallest absolute Gasteiger partial charge is 0.262 e. The Morgan fingerprint density at radius 2 is 1.58 bits per heavy atom. The minimum atomic E-state index is -0.321. The van der Waals surface area contributed by atoms with Crippen molar-refractivity contribution in [2.24, 2.45) is 0 Å². The molecule has 31 heavy (non-hydrogen) atoms. The van der Waals surface area contributed by atoms with Crippen molar-refractivity contribution in [3.63, 3.8) is 0 Å². The van der Waals surface area contributed by atoms with Gasteiger partial charge in [-0.15, -0.1) is 10.2 Å². The molecule has 8 nitrogen and oxygen atoms in total. The number of fused-ring (bicyclic) bond motifs is 1. The van der Waals surface area contributed by atoms with E-state index < -0.39 is 0 Å². The fourth-order valence-corrected chi connectivity index (χ4v) is 4.00. The number of nitrogens with zero attached hydrogens (tertiary/aromatic N) is 4. The number of amides is 2. The maximum atomic E-state index is 12.5. The lowest BCUT2D eigenvalue weighted by Crippen LogP contribution is -2.29. The molecule has 1 aliphatic rings. The highest BCUT2D eigenvalue weighted by Gasteiger charge is 2.35. The van der Waals surface area contributed by atoms with Crippen LogP contribution >= 0.6 is 11.8 Å². The zero-order valence-corrected chi connectivity index (χ0v) is 18.3. The third-order valence-corrected chi connectivity index (χ3v) is 5.95. The average Bonchev–Trinajstić information content (AvgIpc) is 3.22. The Morgan fingerprint density at radius 1 is 0.968 bits per heavy atom. The zero-order chi connectivity index (χ0) is 22.2. The molecule has 1 aromatic heterocycles. The number of carbonyl (C=O) groups excluding carboxylic acids is 2. The first-order valence-corrected chi connectivity index (χ1v) is 10.7. The van der Waals surface area contributed by atoms with Gasteiger partial charge in [-0.3, -0.25) is 14.5 Å². The van der Waals surface area contributed by atoms with Gasteiger partial charge in [-0.1, -0.05) is 56.8 Å². The van der Waals surface area contributed by atoms with E-state index in [1.165, 1.54) is 15.1 Å². The summed E-state index contributed by atoms with van der Waals surface area (Å²) in [5.41, 5.74) is 2.11. The molecule has 1 aliphatic heterocycles. The first-order chi connectivity index (χ1) is 14.8. The molecule has 2 amide bonds. The topological polar surface area (TPSA) is 103 Å². The molecule has 0 unspecified atom stereocenters. The molecular formula is C22H23N5O3S. The Morgan fingerprint density at radius 3 is 2.16 bits per heavy atom. The van der Waals surface area contributed by atoms with Gasteiger partial charge in [0.15, 0.2) is 5.82 Å². The van der Waals surface area contributed by atoms with Crippen molar-refractivity contribution in [1.29, 1.82) is 0 Å². The molecule has 0 fully saturated rings. The monoisotopic (exact) mass is 437 g/mol. The van der Waals surface area contributed by atoms with Crippen molar-refractivity contribution in [3.05, 3.63) is 71.0 Å². The number of nitrogen functional groups attached to an aromatic ring is 1. The molecule has 9 heteroatoms. The fraction of sp³-hybridized carbons (Fsp3) is 0.273. The number of rotatable bonds is 6. The summed E-state index contributed by atoms with van der Waals surface area (Å²) < 4.78 is 7.09. The largest absolute Gasteiger partial charge is 0.486 e. The molecule has 0 atom stereocenters. The maximum absolute atomic E-state index is 12.5. The van der Waals surface area contributed by atoms with Crippen molar-refractivity contribution >= 4 is 23.6 Å². The summed E-state index contributed by atoms with van der Waals surface area (Å²) in [5, 5.41) is 8.51. The molecule has 0 aliphatic carbocycles. The van der Waals surface area contributed by atoms with Gasteiger partial charge in [0, 0.05) is 0 Å². The molecule has 0 saturated carbocycles. The predicted octanol–water partition coefficient (Wildman–Crippen LogP) is 3.21. The highest BCUT2D eigenvalue weighted by Crippen LogP contribution is 2.27. The van der Waals surface area contributed by atoms with Gasteiger partial charge in [0.25, 0.3) is 11.8 Å². The third-order valence-electron chi connectivity index (χ3n) is 5.02. The Hall–Kier alpha value is -3.33. The van der Waals surface area contributed by atoms with Gasteiger partial charge in [0.05, 0.1) is 17.0 Å². The number of aromatic nitrogens is 3. The number of benzene rings is 2. The van der Waals surface area contributed by atoms with Crippen LogP contribution in [0.15, 0.2) is 53.7 Å². The lowest BCUT2D eigenvalue weighted by atomic mass is 9.87. The van der Waals surface area contributed by atoms with Crippen LogP contribution in [0.1, 0.15) is 52.9 Å². The van der Waals surface area contributed by atoms with Crippen molar-refractivity contribution in [2.45, 2.75) is 37.9 Å². The number of imide groups is 1. The Bertz CT molecular complexity index is 1100. The molecular weight excluding hydrogens is 414 g/mol. The standard InChI is InChI=1S/C22H23N5O3S/c1-22(2,3)14-8-10-15(11-9-14)30-12-18-24-25-21(27(18)23)31-13-26-19(28)16-6-4-5-7-17(16)20(26)29/h4-11H,12-13,23H2,1-3H3. The summed E-state index contributed by atoms with van der Waals surface area (Å²) in [4.78, 5) is 26.1. The first-order valence-electron chi connectivity index (χ1n) is 9.76. The second-order valence-corrected chi connectivity index (χ2v) is 9.10. The molecule has 160 valence electrons. The van der Waals surface area contributed by atoms with E-state index >= 15 is 0 Å². The van der Waals surface area contributed by atoms with E-state index in [9.17, 15) is 9.59 Å². The van der Waals surface area contributed by atoms with E-state index in [4.69, 9.17) is 10.6 Å². The van der Waals surface area contributed by atoms with Gasteiger partial charge in [-0.2, -0.15) is 0 Å². The lowest BCUT2D eigenvalue weighted by molar-refractivity contribution is 0.0684. The van der Waals surface area contributed by atoms with Crippen LogP contribution in [0.2, 0.25) is 0 Å². The number of nitrogens with two attached hydrogens (primary N) is 1. The predicted molar refractivity (Wildman–Crippen MR) is 117 cm³/mol. The molecule has 0 bridgehead atoms.